The summed E-state index contributed by atoms with van der Waals surface area (Å²) in [6.45, 7) is 10.1. The van der Waals surface area contributed by atoms with Crippen LogP contribution in [0.4, 0.5) is 4.79 Å². The summed E-state index contributed by atoms with van der Waals surface area (Å²) >= 11 is 0. The van der Waals surface area contributed by atoms with E-state index in [4.69, 9.17) is 5.11 Å². The van der Waals surface area contributed by atoms with E-state index >= 15 is 0 Å². The molecule has 0 aliphatic rings. The summed E-state index contributed by atoms with van der Waals surface area (Å²) < 4.78 is 0. The van der Waals surface area contributed by atoms with E-state index in [2.05, 4.69) is 24.1 Å². The summed E-state index contributed by atoms with van der Waals surface area (Å²) in [7, 11) is 2.05. The lowest BCUT2D eigenvalue weighted by Crippen LogP contribution is -2.46. The van der Waals surface area contributed by atoms with E-state index in [9.17, 15) is 9.59 Å². The largest absolute Gasteiger partial charge is 0.481 e. The maximum absolute atomic E-state index is 12.1. The highest BCUT2D eigenvalue weighted by Crippen LogP contribution is 2.03. The summed E-state index contributed by atoms with van der Waals surface area (Å²) in [6, 6.07) is 0.442. The van der Waals surface area contributed by atoms with Crippen LogP contribution < -0.4 is 5.32 Å². The summed E-state index contributed by atoms with van der Waals surface area (Å²) in [4.78, 5) is 26.6. The Balaban J connectivity index is 4.15. The van der Waals surface area contributed by atoms with Gasteiger partial charge in [-0.2, -0.15) is 0 Å². The third kappa shape index (κ3) is 8.55. The molecule has 0 spiro atoms. The molecule has 1 unspecified atom stereocenters. The van der Waals surface area contributed by atoms with Crippen molar-refractivity contribution in [3.05, 3.63) is 0 Å². The monoisotopic (exact) mass is 301 g/mol. The van der Waals surface area contributed by atoms with Crippen LogP contribution in [0.15, 0.2) is 0 Å². The third-order valence-electron chi connectivity index (χ3n) is 3.76. The number of carbonyl (C=O) groups is 2. The van der Waals surface area contributed by atoms with Gasteiger partial charge in [0, 0.05) is 38.1 Å². The van der Waals surface area contributed by atoms with Gasteiger partial charge in [-0.1, -0.05) is 6.92 Å². The predicted octanol–water partition coefficient (Wildman–Crippen LogP) is 2.00. The smallest absolute Gasteiger partial charge is 0.317 e. The topological polar surface area (TPSA) is 72.9 Å². The van der Waals surface area contributed by atoms with Crippen LogP contribution in [0.2, 0.25) is 0 Å². The molecule has 0 aromatic rings. The SMILES string of the molecule is CCC(C)N(C)CCNC(=O)N(CCCC(=O)O)C(C)C. The first kappa shape index (κ1) is 19.7. The Kier molecular flexibility index (Phi) is 9.78. The zero-order chi connectivity index (χ0) is 16.4. The molecule has 0 radical (unpaired) electrons. The van der Waals surface area contributed by atoms with E-state index in [1.165, 1.54) is 0 Å². The van der Waals surface area contributed by atoms with Crippen molar-refractivity contribution in [2.45, 2.75) is 59.0 Å². The molecule has 2 N–H and O–H groups in total. The van der Waals surface area contributed by atoms with Crippen LogP contribution in [-0.2, 0) is 4.79 Å². The fraction of sp³-hybridized carbons (Fsp3) is 0.867. The highest BCUT2D eigenvalue weighted by Gasteiger charge is 2.17. The van der Waals surface area contributed by atoms with E-state index in [-0.39, 0.29) is 18.5 Å². The van der Waals surface area contributed by atoms with Gasteiger partial charge in [-0.25, -0.2) is 4.79 Å². The lowest BCUT2D eigenvalue weighted by Gasteiger charge is -2.28. The van der Waals surface area contributed by atoms with E-state index < -0.39 is 5.97 Å². The standard InChI is InChI=1S/C15H31N3O3/c1-6-13(4)17(5)11-9-16-15(21)18(12(2)3)10-7-8-14(19)20/h12-13H,6-11H2,1-5H3,(H,16,21)(H,19,20). The molecule has 0 heterocycles. The van der Waals surface area contributed by atoms with E-state index in [0.29, 0.717) is 25.6 Å². The highest BCUT2D eigenvalue weighted by molar-refractivity contribution is 5.74. The number of aliphatic carboxylic acids is 1. The second-order valence-corrected chi connectivity index (χ2v) is 5.75. The average molecular weight is 301 g/mol. The van der Waals surface area contributed by atoms with Gasteiger partial charge in [-0.05, 0) is 40.7 Å². The van der Waals surface area contributed by atoms with E-state index in [1.54, 1.807) is 4.90 Å². The molecule has 0 rings (SSSR count). The van der Waals surface area contributed by atoms with Crippen LogP contribution >= 0.6 is 0 Å². The number of carboxylic acids is 1. The Labute approximate surface area is 128 Å². The number of likely N-dealkylation sites (N-methyl/N-ethyl adjacent to an activating group) is 1. The van der Waals surface area contributed by atoms with Crippen molar-refractivity contribution < 1.29 is 14.7 Å². The van der Waals surface area contributed by atoms with Crippen molar-refractivity contribution in [3.63, 3.8) is 0 Å². The predicted molar refractivity (Wildman–Crippen MR) is 84.5 cm³/mol. The first-order valence-corrected chi connectivity index (χ1v) is 7.76. The van der Waals surface area contributed by atoms with Crippen molar-refractivity contribution in [2.24, 2.45) is 0 Å². The number of nitrogens with zero attached hydrogens (tertiary/aromatic N) is 2. The minimum Gasteiger partial charge on any atom is -0.481 e. The van der Waals surface area contributed by atoms with Gasteiger partial charge in [0.2, 0.25) is 0 Å². The zero-order valence-corrected chi connectivity index (χ0v) is 14.1. The fourth-order valence-corrected chi connectivity index (χ4v) is 1.97. The molecule has 0 aromatic carbocycles. The second kappa shape index (κ2) is 10.4. The van der Waals surface area contributed by atoms with Gasteiger partial charge in [-0.3, -0.25) is 4.79 Å². The Hall–Kier alpha value is -1.30. The highest BCUT2D eigenvalue weighted by atomic mass is 16.4. The molecule has 124 valence electrons. The lowest BCUT2D eigenvalue weighted by molar-refractivity contribution is -0.137. The number of nitrogens with one attached hydrogen (secondary N) is 1. The van der Waals surface area contributed by atoms with Crippen LogP contribution in [0.1, 0.15) is 47.0 Å². The maximum Gasteiger partial charge on any atom is 0.317 e. The summed E-state index contributed by atoms with van der Waals surface area (Å²) in [5.74, 6) is -0.825. The molecule has 0 aliphatic heterocycles. The Morgan fingerprint density at radius 3 is 2.29 bits per heavy atom. The molecule has 21 heavy (non-hydrogen) atoms. The molecule has 1 atom stereocenters. The van der Waals surface area contributed by atoms with Gasteiger partial charge in [-0.15, -0.1) is 0 Å². The number of carboxylic acid groups (broad SMARTS) is 1. The number of hydrogen-bond donors (Lipinski definition) is 2. The minimum absolute atomic E-state index is 0.0612. The van der Waals surface area contributed by atoms with Gasteiger partial charge >= 0.3 is 12.0 Å². The van der Waals surface area contributed by atoms with E-state index in [0.717, 1.165) is 13.0 Å². The molecular weight excluding hydrogens is 270 g/mol. The molecule has 0 saturated heterocycles. The maximum atomic E-state index is 12.1. The number of rotatable bonds is 10. The van der Waals surface area contributed by atoms with Crippen molar-refractivity contribution >= 4 is 12.0 Å². The van der Waals surface area contributed by atoms with Crippen LogP contribution in [0.25, 0.3) is 0 Å². The first-order valence-electron chi connectivity index (χ1n) is 7.76. The van der Waals surface area contributed by atoms with E-state index in [1.807, 2.05) is 20.9 Å². The third-order valence-corrected chi connectivity index (χ3v) is 3.76. The number of carbonyl (C=O) groups excluding carboxylic acids is 1. The Morgan fingerprint density at radius 2 is 1.81 bits per heavy atom. The molecule has 0 fully saturated rings. The molecule has 6 nitrogen and oxygen atoms in total. The van der Waals surface area contributed by atoms with Crippen LogP contribution in [-0.4, -0.2) is 65.7 Å². The molecule has 6 heteroatoms. The van der Waals surface area contributed by atoms with Crippen LogP contribution in [0.5, 0.6) is 0 Å². The van der Waals surface area contributed by atoms with Crippen LogP contribution in [0.3, 0.4) is 0 Å². The minimum atomic E-state index is -0.825. The average Bonchev–Trinajstić information content (AvgIpc) is 2.41. The molecule has 2 amide bonds. The van der Waals surface area contributed by atoms with Crippen molar-refractivity contribution in [1.82, 2.24) is 15.1 Å². The molecular formula is C15H31N3O3. The van der Waals surface area contributed by atoms with Crippen molar-refractivity contribution in [2.75, 3.05) is 26.7 Å². The van der Waals surface area contributed by atoms with Crippen molar-refractivity contribution in [3.8, 4) is 0 Å². The van der Waals surface area contributed by atoms with Crippen LogP contribution in [0, 0.1) is 0 Å². The molecule has 0 aromatic heterocycles. The summed E-state index contributed by atoms with van der Waals surface area (Å²) in [5.41, 5.74) is 0. The normalized spacial score (nSPS) is 12.5. The fourth-order valence-electron chi connectivity index (χ4n) is 1.97. The number of hydrogen-bond acceptors (Lipinski definition) is 3. The van der Waals surface area contributed by atoms with Gasteiger partial charge in [0.1, 0.15) is 0 Å². The van der Waals surface area contributed by atoms with Crippen molar-refractivity contribution in [1.29, 1.82) is 0 Å². The molecule has 0 aliphatic carbocycles. The molecule has 0 bridgehead atoms. The van der Waals surface area contributed by atoms with Gasteiger partial charge in [0.15, 0.2) is 0 Å². The van der Waals surface area contributed by atoms with Gasteiger partial charge < -0.3 is 20.2 Å². The first-order chi connectivity index (χ1) is 9.79. The zero-order valence-electron chi connectivity index (χ0n) is 14.1. The number of urea groups is 1. The van der Waals surface area contributed by atoms with Gasteiger partial charge in [0.25, 0.3) is 0 Å². The quantitative estimate of drug-likeness (QED) is 0.647. The summed E-state index contributed by atoms with van der Waals surface area (Å²) in [6.07, 6.45) is 1.65. The Bertz CT molecular complexity index is 321. The lowest BCUT2D eigenvalue weighted by atomic mass is 10.2. The number of amides is 2. The Morgan fingerprint density at radius 1 is 1.19 bits per heavy atom. The molecule has 0 saturated carbocycles. The summed E-state index contributed by atoms with van der Waals surface area (Å²) in [5, 5.41) is 11.6. The van der Waals surface area contributed by atoms with Gasteiger partial charge in [0.05, 0.1) is 0 Å². The second-order valence-electron chi connectivity index (χ2n) is 5.75.